The fourth-order valence-electron chi connectivity index (χ4n) is 3.25. The molecule has 5 heteroatoms. The second-order valence-electron chi connectivity index (χ2n) is 5.84. The highest BCUT2D eigenvalue weighted by Crippen LogP contribution is 2.29. The third kappa shape index (κ3) is 2.72. The minimum atomic E-state index is 0.0792. The van der Waals surface area contributed by atoms with Gasteiger partial charge in [-0.1, -0.05) is 18.2 Å². The predicted molar refractivity (Wildman–Crippen MR) is 91.7 cm³/mol. The molecule has 1 aromatic carbocycles. The Hall–Kier alpha value is -2.27. The van der Waals surface area contributed by atoms with Gasteiger partial charge in [0.1, 0.15) is 0 Å². The largest absolute Gasteiger partial charge is 0.338 e. The molecule has 0 saturated carbocycles. The molecule has 1 amide bonds. The number of rotatable bonds is 2. The number of fused-ring (bicyclic) bond motifs is 1. The molecule has 0 bridgehead atoms. The van der Waals surface area contributed by atoms with Crippen LogP contribution in [0.1, 0.15) is 34.1 Å². The van der Waals surface area contributed by atoms with Gasteiger partial charge in [-0.2, -0.15) is 0 Å². The Bertz CT molecular complexity index is 826. The molecule has 2 aromatic heterocycles. The van der Waals surface area contributed by atoms with Gasteiger partial charge in [-0.3, -0.25) is 9.78 Å². The van der Waals surface area contributed by atoms with Crippen molar-refractivity contribution in [1.29, 1.82) is 0 Å². The lowest BCUT2D eigenvalue weighted by molar-refractivity contribution is 0.0709. The Morgan fingerprint density at radius 1 is 1.17 bits per heavy atom. The number of aromatic nitrogens is 2. The number of benzene rings is 1. The third-order valence-corrected chi connectivity index (χ3v) is 5.31. The Labute approximate surface area is 138 Å². The standard InChI is InChI=1S/C18H17N3OS/c22-18(15-7-1-4-13-5-2-8-19-16(13)15)21-10-3-6-14(12-21)17-20-9-11-23-17/h1-2,4-5,7-9,11,14H,3,6,10,12H2/t14-/m0/s1. The first-order chi connectivity index (χ1) is 11.3. The Morgan fingerprint density at radius 2 is 2.09 bits per heavy atom. The van der Waals surface area contributed by atoms with Crippen molar-refractivity contribution in [2.75, 3.05) is 13.1 Å². The second-order valence-corrected chi connectivity index (χ2v) is 6.77. The lowest BCUT2D eigenvalue weighted by Crippen LogP contribution is -2.39. The van der Waals surface area contributed by atoms with Crippen LogP contribution >= 0.6 is 11.3 Å². The second kappa shape index (κ2) is 6.08. The van der Waals surface area contributed by atoms with E-state index in [0.717, 1.165) is 41.8 Å². The van der Waals surface area contributed by atoms with E-state index >= 15 is 0 Å². The van der Waals surface area contributed by atoms with E-state index in [1.54, 1.807) is 17.5 Å². The molecule has 116 valence electrons. The molecule has 4 nitrogen and oxygen atoms in total. The fourth-order valence-corrected chi connectivity index (χ4v) is 4.01. The lowest BCUT2D eigenvalue weighted by atomic mass is 9.97. The molecule has 0 N–H and O–H groups in total. The molecule has 3 aromatic rings. The first-order valence-electron chi connectivity index (χ1n) is 7.85. The van der Waals surface area contributed by atoms with Crippen LogP contribution in [0.2, 0.25) is 0 Å². The average Bonchev–Trinajstić information content (AvgIpc) is 3.15. The number of piperidine rings is 1. The van der Waals surface area contributed by atoms with Crippen molar-refractivity contribution in [2.45, 2.75) is 18.8 Å². The maximum absolute atomic E-state index is 13.0. The number of nitrogens with zero attached hydrogens (tertiary/aromatic N) is 3. The minimum Gasteiger partial charge on any atom is -0.338 e. The van der Waals surface area contributed by atoms with Crippen molar-refractivity contribution in [3.8, 4) is 0 Å². The van der Waals surface area contributed by atoms with Crippen LogP contribution in [-0.4, -0.2) is 33.9 Å². The van der Waals surface area contributed by atoms with Crippen LogP contribution < -0.4 is 0 Å². The Balaban J connectivity index is 1.63. The number of thiazole rings is 1. The van der Waals surface area contributed by atoms with Crippen molar-refractivity contribution in [1.82, 2.24) is 14.9 Å². The summed E-state index contributed by atoms with van der Waals surface area (Å²) in [7, 11) is 0. The monoisotopic (exact) mass is 323 g/mol. The maximum atomic E-state index is 13.0. The molecule has 0 unspecified atom stereocenters. The first kappa shape index (κ1) is 14.3. The number of hydrogen-bond donors (Lipinski definition) is 0. The molecule has 0 spiro atoms. The van der Waals surface area contributed by atoms with Crippen molar-refractivity contribution >= 4 is 28.1 Å². The molecule has 1 aliphatic heterocycles. The van der Waals surface area contributed by atoms with Crippen LogP contribution in [0.5, 0.6) is 0 Å². The predicted octanol–water partition coefficient (Wildman–Crippen LogP) is 3.71. The number of para-hydroxylation sites is 1. The van der Waals surface area contributed by atoms with Crippen molar-refractivity contribution in [3.05, 3.63) is 58.7 Å². The zero-order valence-electron chi connectivity index (χ0n) is 12.7. The van der Waals surface area contributed by atoms with E-state index in [4.69, 9.17) is 0 Å². The summed E-state index contributed by atoms with van der Waals surface area (Å²) < 4.78 is 0. The van der Waals surface area contributed by atoms with Gasteiger partial charge in [0.15, 0.2) is 0 Å². The smallest absolute Gasteiger partial charge is 0.256 e. The molecule has 4 rings (SSSR count). The van der Waals surface area contributed by atoms with Crippen LogP contribution in [0.3, 0.4) is 0 Å². The Morgan fingerprint density at radius 3 is 2.96 bits per heavy atom. The van der Waals surface area contributed by atoms with E-state index in [-0.39, 0.29) is 5.91 Å². The highest BCUT2D eigenvalue weighted by atomic mass is 32.1. The van der Waals surface area contributed by atoms with Crippen LogP contribution in [0, 0.1) is 0 Å². The van der Waals surface area contributed by atoms with Gasteiger partial charge in [0.25, 0.3) is 5.91 Å². The van der Waals surface area contributed by atoms with Crippen LogP contribution in [0.25, 0.3) is 10.9 Å². The van der Waals surface area contributed by atoms with Crippen molar-refractivity contribution in [2.24, 2.45) is 0 Å². The number of likely N-dealkylation sites (tertiary alicyclic amines) is 1. The van der Waals surface area contributed by atoms with E-state index in [1.807, 2.05) is 46.8 Å². The van der Waals surface area contributed by atoms with Crippen LogP contribution in [0.15, 0.2) is 48.1 Å². The van der Waals surface area contributed by atoms with E-state index in [1.165, 1.54) is 0 Å². The van der Waals surface area contributed by atoms with Gasteiger partial charge in [-0.25, -0.2) is 4.98 Å². The molecular formula is C18H17N3OS. The zero-order chi connectivity index (χ0) is 15.6. The van der Waals surface area contributed by atoms with Crippen molar-refractivity contribution in [3.63, 3.8) is 0 Å². The molecule has 1 atom stereocenters. The first-order valence-corrected chi connectivity index (χ1v) is 8.73. The SMILES string of the molecule is O=C(c1cccc2cccnc12)N1CCC[C@H](c2nccs2)C1. The van der Waals surface area contributed by atoms with E-state index < -0.39 is 0 Å². The summed E-state index contributed by atoms with van der Waals surface area (Å²) in [6.07, 6.45) is 5.71. The maximum Gasteiger partial charge on any atom is 0.256 e. The molecule has 23 heavy (non-hydrogen) atoms. The van der Waals surface area contributed by atoms with Gasteiger partial charge in [0.2, 0.25) is 0 Å². The molecule has 3 heterocycles. The van der Waals surface area contributed by atoms with Gasteiger partial charge >= 0.3 is 0 Å². The number of hydrogen-bond acceptors (Lipinski definition) is 4. The fraction of sp³-hybridized carbons (Fsp3) is 0.278. The molecule has 0 radical (unpaired) electrons. The van der Waals surface area contributed by atoms with Gasteiger partial charge in [-0.15, -0.1) is 11.3 Å². The van der Waals surface area contributed by atoms with Gasteiger partial charge in [0.05, 0.1) is 16.1 Å². The summed E-state index contributed by atoms with van der Waals surface area (Å²) in [4.78, 5) is 23.8. The van der Waals surface area contributed by atoms with Gasteiger partial charge in [-0.05, 0) is 25.0 Å². The van der Waals surface area contributed by atoms with E-state index in [2.05, 4.69) is 9.97 Å². The van der Waals surface area contributed by atoms with E-state index in [9.17, 15) is 4.79 Å². The Kier molecular flexibility index (Phi) is 3.79. The average molecular weight is 323 g/mol. The molecular weight excluding hydrogens is 306 g/mol. The summed E-state index contributed by atoms with van der Waals surface area (Å²) in [5.41, 5.74) is 1.49. The highest BCUT2D eigenvalue weighted by molar-refractivity contribution is 7.09. The number of amides is 1. The van der Waals surface area contributed by atoms with Crippen LogP contribution in [0.4, 0.5) is 0 Å². The zero-order valence-corrected chi connectivity index (χ0v) is 13.5. The van der Waals surface area contributed by atoms with Crippen LogP contribution in [-0.2, 0) is 0 Å². The minimum absolute atomic E-state index is 0.0792. The summed E-state index contributed by atoms with van der Waals surface area (Å²) in [5.74, 6) is 0.436. The topological polar surface area (TPSA) is 46.1 Å². The van der Waals surface area contributed by atoms with Gasteiger partial charge in [0, 0.05) is 42.2 Å². The van der Waals surface area contributed by atoms with E-state index in [0.29, 0.717) is 11.5 Å². The summed E-state index contributed by atoms with van der Waals surface area (Å²) in [6.45, 7) is 1.56. The normalized spacial score (nSPS) is 18.3. The number of pyridine rings is 1. The molecule has 1 fully saturated rings. The third-order valence-electron chi connectivity index (χ3n) is 4.37. The van der Waals surface area contributed by atoms with Crippen molar-refractivity contribution < 1.29 is 4.79 Å². The number of carbonyl (C=O) groups excluding carboxylic acids is 1. The summed E-state index contributed by atoms with van der Waals surface area (Å²) >= 11 is 1.68. The summed E-state index contributed by atoms with van der Waals surface area (Å²) in [5, 5.41) is 4.15. The molecule has 1 saturated heterocycles. The molecule has 1 aliphatic rings. The molecule has 0 aliphatic carbocycles. The lowest BCUT2D eigenvalue weighted by Gasteiger charge is -2.32. The van der Waals surface area contributed by atoms with Gasteiger partial charge < -0.3 is 4.90 Å². The quantitative estimate of drug-likeness (QED) is 0.722. The summed E-state index contributed by atoms with van der Waals surface area (Å²) in [6, 6.07) is 9.70. The number of carbonyl (C=O) groups is 1. The highest BCUT2D eigenvalue weighted by Gasteiger charge is 2.27.